The fourth-order valence-electron chi connectivity index (χ4n) is 6.19. The lowest BCUT2D eigenvalue weighted by atomic mass is 10.1. The van der Waals surface area contributed by atoms with E-state index in [-0.39, 0.29) is 0 Å². The van der Waals surface area contributed by atoms with Crippen LogP contribution in [0.5, 0.6) is 0 Å². The molecule has 0 aliphatic rings. The van der Waals surface area contributed by atoms with Gasteiger partial charge in [-0.05, 0) is 49.2 Å². The topological polar surface area (TPSA) is 145 Å². The Bertz CT molecular complexity index is 2640. The number of hydrogen-bond acceptors (Lipinski definition) is 9. The van der Waals surface area contributed by atoms with Crippen LogP contribution in [0.4, 0.5) is 0 Å². The lowest BCUT2D eigenvalue weighted by Crippen LogP contribution is -2.11. The molecule has 0 bridgehead atoms. The maximum atomic E-state index is 11.9. The summed E-state index contributed by atoms with van der Waals surface area (Å²) in [5.41, 5.74) is 15.5. The summed E-state index contributed by atoms with van der Waals surface area (Å²) in [6.45, 7) is 3.97. The van der Waals surface area contributed by atoms with Crippen molar-refractivity contribution in [2.45, 2.75) is 26.7 Å². The quantitative estimate of drug-likeness (QED) is 0.164. The van der Waals surface area contributed by atoms with Gasteiger partial charge in [0.1, 0.15) is 21.2 Å². The van der Waals surface area contributed by atoms with E-state index in [0.29, 0.717) is 17.0 Å². The minimum atomic E-state index is -0.441. The van der Waals surface area contributed by atoms with E-state index in [1.54, 1.807) is 11.3 Å². The van der Waals surface area contributed by atoms with Gasteiger partial charge in [-0.1, -0.05) is 72.8 Å². The highest BCUT2D eigenvalue weighted by Crippen LogP contribution is 2.38. The summed E-state index contributed by atoms with van der Waals surface area (Å²) in [5.74, 6) is 0.308. The number of pyridine rings is 2. The molecule has 256 valence electrons. The van der Waals surface area contributed by atoms with Crippen molar-refractivity contribution in [2.24, 2.45) is 5.73 Å². The SMILES string of the molecule is Cc1nn2ccccc2c1-c1nc(Cc2ccccc2)c(-c2ncn[nH]2)s1.Cc1nn2ccccc2c1-c1nc(Cc2ccccc2)c(C(N)=O)s1. The number of aryl methyl sites for hydroxylation is 2. The molecule has 2 aromatic carbocycles. The molecule has 7 aromatic heterocycles. The van der Waals surface area contributed by atoms with Crippen LogP contribution in [0.1, 0.15) is 43.6 Å². The molecular weight excluding hydrogens is 689 g/mol. The molecule has 7 heterocycles. The van der Waals surface area contributed by atoms with Crippen LogP contribution in [-0.2, 0) is 12.8 Å². The van der Waals surface area contributed by atoms with Gasteiger partial charge in [0.2, 0.25) is 0 Å². The molecule has 13 heteroatoms. The zero-order chi connectivity index (χ0) is 35.6. The molecular formula is C39H32N10OS2. The number of primary amides is 1. The third kappa shape index (κ3) is 6.50. The van der Waals surface area contributed by atoms with Crippen LogP contribution in [0.3, 0.4) is 0 Å². The van der Waals surface area contributed by atoms with Crippen LogP contribution in [0.2, 0.25) is 0 Å². The molecule has 0 radical (unpaired) electrons. The number of carbonyl (C=O) groups is 1. The summed E-state index contributed by atoms with van der Waals surface area (Å²) in [5, 5.41) is 17.9. The summed E-state index contributed by atoms with van der Waals surface area (Å²) in [6, 6.07) is 32.3. The van der Waals surface area contributed by atoms with E-state index in [0.717, 1.165) is 71.9 Å². The van der Waals surface area contributed by atoms with Crippen LogP contribution in [0.25, 0.3) is 42.9 Å². The number of benzene rings is 2. The first-order valence-electron chi connectivity index (χ1n) is 16.5. The predicted molar refractivity (Wildman–Crippen MR) is 204 cm³/mol. The average molecular weight is 721 g/mol. The molecule has 0 aliphatic carbocycles. The number of fused-ring (bicyclic) bond motifs is 2. The zero-order valence-electron chi connectivity index (χ0n) is 28.3. The van der Waals surface area contributed by atoms with Crippen molar-refractivity contribution in [2.75, 3.05) is 0 Å². The van der Waals surface area contributed by atoms with Gasteiger partial charge in [0, 0.05) is 25.2 Å². The Morgan fingerprint density at radius 1 is 0.692 bits per heavy atom. The zero-order valence-corrected chi connectivity index (χ0v) is 29.9. The molecule has 0 fully saturated rings. The van der Waals surface area contributed by atoms with Gasteiger partial charge in [0.15, 0.2) is 5.82 Å². The summed E-state index contributed by atoms with van der Waals surface area (Å²) in [7, 11) is 0. The van der Waals surface area contributed by atoms with Crippen molar-refractivity contribution in [3.8, 4) is 31.8 Å². The van der Waals surface area contributed by atoms with Gasteiger partial charge in [-0.25, -0.2) is 24.0 Å². The van der Waals surface area contributed by atoms with Crippen molar-refractivity contribution in [3.63, 3.8) is 0 Å². The number of amides is 1. The Morgan fingerprint density at radius 3 is 1.75 bits per heavy atom. The number of hydrogen-bond donors (Lipinski definition) is 2. The Hall–Kier alpha value is -6.31. The number of aromatic amines is 1. The van der Waals surface area contributed by atoms with Gasteiger partial charge in [-0.15, -0.1) is 22.7 Å². The van der Waals surface area contributed by atoms with E-state index >= 15 is 0 Å². The number of H-pyrrole nitrogens is 1. The average Bonchev–Trinajstić information content (AvgIpc) is 3.99. The van der Waals surface area contributed by atoms with Gasteiger partial charge < -0.3 is 5.73 Å². The van der Waals surface area contributed by atoms with Gasteiger partial charge in [0.25, 0.3) is 5.91 Å². The van der Waals surface area contributed by atoms with Gasteiger partial charge in [0.05, 0.1) is 49.8 Å². The second-order valence-electron chi connectivity index (χ2n) is 12.1. The Kier molecular flexibility index (Phi) is 8.93. The molecule has 52 heavy (non-hydrogen) atoms. The maximum Gasteiger partial charge on any atom is 0.260 e. The minimum Gasteiger partial charge on any atom is -0.365 e. The monoisotopic (exact) mass is 720 g/mol. The molecule has 9 rings (SSSR count). The van der Waals surface area contributed by atoms with Crippen LogP contribution >= 0.6 is 22.7 Å². The molecule has 0 saturated heterocycles. The normalized spacial score (nSPS) is 11.2. The number of nitrogens with zero attached hydrogens (tertiary/aromatic N) is 8. The Morgan fingerprint density at radius 2 is 1.21 bits per heavy atom. The maximum absolute atomic E-state index is 11.9. The van der Waals surface area contributed by atoms with Crippen LogP contribution in [-0.4, -0.2) is 50.3 Å². The van der Waals surface area contributed by atoms with Crippen molar-refractivity contribution in [3.05, 3.63) is 155 Å². The number of aromatic nitrogens is 9. The van der Waals surface area contributed by atoms with Gasteiger partial charge in [-0.2, -0.15) is 15.3 Å². The van der Waals surface area contributed by atoms with E-state index in [1.165, 1.54) is 23.2 Å². The van der Waals surface area contributed by atoms with E-state index in [2.05, 4.69) is 43.6 Å². The fourth-order valence-corrected chi connectivity index (χ4v) is 8.36. The van der Waals surface area contributed by atoms with Crippen molar-refractivity contribution >= 4 is 39.6 Å². The Labute approximate surface area is 306 Å². The molecule has 0 aliphatic heterocycles. The Balaban J connectivity index is 0.000000149. The van der Waals surface area contributed by atoms with E-state index in [9.17, 15) is 4.79 Å². The first-order valence-corrected chi connectivity index (χ1v) is 18.2. The minimum absolute atomic E-state index is 0.441. The van der Waals surface area contributed by atoms with Gasteiger partial charge >= 0.3 is 0 Å². The first kappa shape index (κ1) is 32.9. The van der Waals surface area contributed by atoms with Crippen molar-refractivity contribution < 1.29 is 4.79 Å². The van der Waals surface area contributed by atoms with Crippen molar-refractivity contribution in [1.82, 2.24) is 44.4 Å². The second kappa shape index (κ2) is 14.1. The van der Waals surface area contributed by atoms with Gasteiger partial charge in [-0.3, -0.25) is 9.89 Å². The first-order chi connectivity index (χ1) is 25.4. The molecule has 9 aromatic rings. The van der Waals surface area contributed by atoms with E-state index < -0.39 is 5.91 Å². The summed E-state index contributed by atoms with van der Waals surface area (Å²) >= 11 is 2.96. The summed E-state index contributed by atoms with van der Waals surface area (Å²) < 4.78 is 3.73. The molecule has 0 atom stereocenters. The largest absolute Gasteiger partial charge is 0.365 e. The van der Waals surface area contributed by atoms with E-state index in [1.807, 2.05) is 114 Å². The molecule has 1 amide bonds. The number of thiazole rings is 2. The molecule has 0 saturated carbocycles. The second-order valence-corrected chi connectivity index (χ2v) is 14.1. The van der Waals surface area contributed by atoms with Crippen molar-refractivity contribution in [1.29, 1.82) is 0 Å². The third-order valence-corrected chi connectivity index (χ3v) is 10.8. The van der Waals surface area contributed by atoms with E-state index in [4.69, 9.17) is 15.7 Å². The third-order valence-electron chi connectivity index (χ3n) is 8.54. The lowest BCUT2D eigenvalue weighted by Gasteiger charge is -2.00. The number of carbonyl (C=O) groups excluding carboxylic acids is 1. The molecule has 11 nitrogen and oxygen atoms in total. The highest BCUT2D eigenvalue weighted by Gasteiger charge is 2.22. The number of nitrogens with one attached hydrogen (secondary N) is 1. The number of rotatable bonds is 8. The molecule has 0 unspecified atom stereocenters. The van der Waals surface area contributed by atoms with Crippen LogP contribution < -0.4 is 5.73 Å². The smallest absolute Gasteiger partial charge is 0.260 e. The van der Waals surface area contributed by atoms with Crippen LogP contribution in [0, 0.1) is 13.8 Å². The highest BCUT2D eigenvalue weighted by atomic mass is 32.1. The summed E-state index contributed by atoms with van der Waals surface area (Å²) in [4.78, 5) is 27.5. The summed E-state index contributed by atoms with van der Waals surface area (Å²) in [6.07, 6.45) is 6.71. The molecule has 3 N–H and O–H groups in total. The van der Waals surface area contributed by atoms with Crippen LogP contribution in [0.15, 0.2) is 116 Å². The standard InChI is InChI=1S/C20H16N6S.C19H16N4OS/c1-13-17(16-9-5-6-10-26(16)25-13)20-23-15(11-14-7-3-2-4-8-14)18(27-20)19-21-12-22-24-19;1-12-16(15-9-5-6-10-23(15)22-12)19-21-14(17(25-19)18(20)24)11-13-7-3-2-4-8-13/h2-10,12H,11H2,1H3,(H,21,22,24);2-10H,11H2,1H3,(H2,20,24). The highest BCUT2D eigenvalue weighted by molar-refractivity contribution is 7.18. The predicted octanol–water partition coefficient (Wildman–Crippen LogP) is 7.60. The fraction of sp³-hybridized carbons (Fsp3) is 0.103. The lowest BCUT2D eigenvalue weighted by molar-refractivity contribution is 0.100. The number of nitrogens with two attached hydrogens (primary N) is 1. The molecule has 0 spiro atoms.